The monoisotopic (exact) mass is 199 g/mol. The van der Waals surface area contributed by atoms with Gasteiger partial charge in [0.25, 0.3) is 6.43 Å². The lowest BCUT2D eigenvalue weighted by molar-refractivity contribution is 0.116. The van der Waals surface area contributed by atoms with Crippen LogP contribution in [0, 0.1) is 0 Å². The molecule has 0 radical (unpaired) electrons. The zero-order valence-electron chi connectivity index (χ0n) is 8.37. The van der Waals surface area contributed by atoms with Gasteiger partial charge in [-0.15, -0.1) is 0 Å². The van der Waals surface area contributed by atoms with Gasteiger partial charge in [0.1, 0.15) is 0 Å². The predicted molar refractivity (Wildman–Crippen MR) is 53.5 cm³/mol. The Labute approximate surface area is 82.9 Å². The number of benzene rings is 1. The second-order valence-corrected chi connectivity index (χ2v) is 3.69. The summed E-state index contributed by atoms with van der Waals surface area (Å²) in [7, 11) is 0. The third-order valence-electron chi connectivity index (χ3n) is 2.23. The van der Waals surface area contributed by atoms with Crippen LogP contribution >= 0.6 is 0 Å². The van der Waals surface area contributed by atoms with E-state index in [9.17, 15) is 8.78 Å². The average molecular weight is 199 g/mol. The summed E-state index contributed by atoms with van der Waals surface area (Å²) in [4.78, 5) is 0. The minimum atomic E-state index is -2.50. The van der Waals surface area contributed by atoms with Gasteiger partial charge in [0.15, 0.2) is 0 Å². The fourth-order valence-electron chi connectivity index (χ4n) is 1.27. The number of hydrogen-bond donors (Lipinski definition) is 1. The molecule has 0 heterocycles. The van der Waals surface area contributed by atoms with E-state index in [1.807, 2.05) is 19.9 Å². The van der Waals surface area contributed by atoms with Crippen LogP contribution in [0.1, 0.15) is 36.9 Å². The molecule has 1 atom stereocenters. The van der Waals surface area contributed by atoms with Crippen molar-refractivity contribution >= 4 is 0 Å². The number of alkyl halides is 2. The van der Waals surface area contributed by atoms with E-state index >= 15 is 0 Å². The van der Waals surface area contributed by atoms with Crippen molar-refractivity contribution in [1.82, 2.24) is 0 Å². The van der Waals surface area contributed by atoms with Crippen molar-refractivity contribution in [3.63, 3.8) is 0 Å². The van der Waals surface area contributed by atoms with Crippen molar-refractivity contribution in [3.8, 4) is 0 Å². The van der Waals surface area contributed by atoms with E-state index in [1.54, 1.807) is 18.2 Å². The maximum Gasteiger partial charge on any atom is 0.257 e. The molecule has 3 heteroatoms. The zero-order valence-corrected chi connectivity index (χ0v) is 8.37. The summed E-state index contributed by atoms with van der Waals surface area (Å²) in [6, 6.07) is 5.91. The van der Waals surface area contributed by atoms with E-state index in [4.69, 9.17) is 5.73 Å². The third kappa shape index (κ3) is 2.51. The molecule has 0 aromatic heterocycles. The molecule has 0 spiro atoms. The molecular formula is C11H15F2N. The second-order valence-electron chi connectivity index (χ2n) is 3.69. The summed E-state index contributed by atoms with van der Waals surface area (Å²) in [5.41, 5.74) is 6.90. The van der Waals surface area contributed by atoms with Crippen molar-refractivity contribution in [2.45, 2.75) is 32.2 Å². The van der Waals surface area contributed by atoms with Gasteiger partial charge < -0.3 is 5.73 Å². The van der Waals surface area contributed by atoms with E-state index in [1.165, 1.54) is 0 Å². The number of halogens is 2. The maximum atomic E-state index is 12.3. The Balaban J connectivity index is 2.93. The minimum absolute atomic E-state index is 0.333. The van der Waals surface area contributed by atoms with Crippen LogP contribution in [0.2, 0.25) is 0 Å². The number of nitrogens with two attached hydrogens (primary N) is 1. The normalized spacial score (nSPS) is 13.6. The molecule has 0 aliphatic rings. The van der Waals surface area contributed by atoms with Crippen LogP contribution in [0.3, 0.4) is 0 Å². The fraction of sp³-hybridized carbons (Fsp3) is 0.455. The van der Waals surface area contributed by atoms with E-state index in [-0.39, 0.29) is 0 Å². The predicted octanol–water partition coefficient (Wildman–Crippen LogP) is 3.07. The van der Waals surface area contributed by atoms with Gasteiger partial charge in [-0.25, -0.2) is 8.78 Å². The highest BCUT2D eigenvalue weighted by atomic mass is 19.3. The largest absolute Gasteiger partial charge is 0.319 e. The third-order valence-corrected chi connectivity index (χ3v) is 2.23. The SMILES string of the molecule is CC(C)c1cccc([C@@H](N)C(F)F)c1. The van der Waals surface area contributed by atoms with Crippen molar-refractivity contribution in [2.24, 2.45) is 5.73 Å². The van der Waals surface area contributed by atoms with Gasteiger partial charge in [-0.05, 0) is 17.0 Å². The first-order valence-electron chi connectivity index (χ1n) is 4.66. The molecule has 0 unspecified atom stereocenters. The van der Waals surface area contributed by atoms with Gasteiger partial charge in [-0.2, -0.15) is 0 Å². The molecule has 2 N–H and O–H groups in total. The van der Waals surface area contributed by atoms with Gasteiger partial charge in [0.2, 0.25) is 0 Å². The fourth-order valence-corrected chi connectivity index (χ4v) is 1.27. The zero-order chi connectivity index (χ0) is 10.7. The number of hydrogen-bond acceptors (Lipinski definition) is 1. The Hall–Kier alpha value is -0.960. The maximum absolute atomic E-state index is 12.3. The molecule has 0 aliphatic heterocycles. The van der Waals surface area contributed by atoms with E-state index in [0.29, 0.717) is 11.5 Å². The molecule has 1 aromatic carbocycles. The van der Waals surface area contributed by atoms with Gasteiger partial charge in [-0.1, -0.05) is 38.1 Å². The van der Waals surface area contributed by atoms with E-state index in [0.717, 1.165) is 5.56 Å². The summed E-state index contributed by atoms with van der Waals surface area (Å²) in [5, 5.41) is 0. The van der Waals surface area contributed by atoms with Crippen LogP contribution in [0.4, 0.5) is 8.78 Å². The Bertz CT molecular complexity index is 297. The summed E-state index contributed by atoms with van der Waals surface area (Å²) in [5.74, 6) is 0.333. The van der Waals surface area contributed by atoms with Crippen LogP contribution in [-0.4, -0.2) is 6.43 Å². The van der Waals surface area contributed by atoms with Crippen LogP contribution < -0.4 is 5.73 Å². The van der Waals surface area contributed by atoms with Gasteiger partial charge in [0, 0.05) is 0 Å². The molecule has 0 aliphatic carbocycles. The van der Waals surface area contributed by atoms with E-state index in [2.05, 4.69) is 0 Å². The average Bonchev–Trinajstić information content (AvgIpc) is 2.16. The molecule has 0 amide bonds. The van der Waals surface area contributed by atoms with Crippen molar-refractivity contribution in [3.05, 3.63) is 35.4 Å². The lowest BCUT2D eigenvalue weighted by Crippen LogP contribution is -2.19. The summed E-state index contributed by atoms with van der Waals surface area (Å²) in [6.45, 7) is 4.04. The van der Waals surface area contributed by atoms with Gasteiger partial charge in [-0.3, -0.25) is 0 Å². The summed E-state index contributed by atoms with van der Waals surface area (Å²) >= 11 is 0. The summed E-state index contributed by atoms with van der Waals surface area (Å²) < 4.78 is 24.6. The smallest absolute Gasteiger partial charge is 0.257 e. The topological polar surface area (TPSA) is 26.0 Å². The lowest BCUT2D eigenvalue weighted by atomic mass is 9.98. The van der Waals surface area contributed by atoms with Crippen LogP contribution in [0.25, 0.3) is 0 Å². The quantitative estimate of drug-likeness (QED) is 0.795. The van der Waals surface area contributed by atoms with E-state index < -0.39 is 12.5 Å². The Morgan fingerprint density at radius 3 is 2.21 bits per heavy atom. The molecule has 78 valence electrons. The molecule has 0 bridgehead atoms. The molecule has 14 heavy (non-hydrogen) atoms. The molecule has 1 aromatic rings. The Morgan fingerprint density at radius 2 is 1.71 bits per heavy atom. The first-order valence-corrected chi connectivity index (χ1v) is 4.66. The van der Waals surface area contributed by atoms with Crippen LogP contribution in [-0.2, 0) is 0 Å². The standard InChI is InChI=1S/C11H15F2N/c1-7(2)8-4-3-5-9(6-8)10(14)11(12)13/h3-7,10-11H,14H2,1-2H3/t10-/m1/s1. The highest BCUT2D eigenvalue weighted by molar-refractivity contribution is 5.28. The minimum Gasteiger partial charge on any atom is -0.319 e. The molecule has 0 fully saturated rings. The van der Waals surface area contributed by atoms with Crippen molar-refractivity contribution in [2.75, 3.05) is 0 Å². The van der Waals surface area contributed by atoms with Gasteiger partial charge >= 0.3 is 0 Å². The molecule has 0 saturated heterocycles. The molecular weight excluding hydrogens is 184 g/mol. The lowest BCUT2D eigenvalue weighted by Gasteiger charge is -2.13. The Kier molecular flexibility index (Phi) is 3.58. The number of rotatable bonds is 3. The highest BCUT2D eigenvalue weighted by Crippen LogP contribution is 2.22. The molecule has 0 saturated carbocycles. The molecule has 1 rings (SSSR count). The van der Waals surface area contributed by atoms with Crippen LogP contribution in [0.15, 0.2) is 24.3 Å². The first kappa shape index (κ1) is 11.1. The first-order chi connectivity index (χ1) is 6.52. The van der Waals surface area contributed by atoms with Crippen LogP contribution in [0.5, 0.6) is 0 Å². The second kappa shape index (κ2) is 4.51. The Morgan fingerprint density at radius 1 is 1.14 bits per heavy atom. The van der Waals surface area contributed by atoms with Crippen molar-refractivity contribution in [1.29, 1.82) is 0 Å². The van der Waals surface area contributed by atoms with Gasteiger partial charge in [0.05, 0.1) is 6.04 Å². The molecule has 1 nitrogen and oxygen atoms in total. The summed E-state index contributed by atoms with van der Waals surface area (Å²) in [6.07, 6.45) is -2.50. The highest BCUT2D eigenvalue weighted by Gasteiger charge is 2.17. The van der Waals surface area contributed by atoms with Crippen molar-refractivity contribution < 1.29 is 8.78 Å².